The summed E-state index contributed by atoms with van der Waals surface area (Å²) >= 11 is 1.73. The van der Waals surface area contributed by atoms with Crippen LogP contribution in [0.25, 0.3) is 0 Å². The summed E-state index contributed by atoms with van der Waals surface area (Å²) in [6.45, 7) is 2.57. The first kappa shape index (κ1) is 19.7. The number of ether oxygens (including phenoxy) is 2. The Morgan fingerprint density at radius 3 is 3.11 bits per heavy atom. The molecular formula is C22H28N2O3S. The lowest BCUT2D eigenvalue weighted by molar-refractivity contribution is -0.0420. The van der Waals surface area contributed by atoms with Gasteiger partial charge in [-0.2, -0.15) is 0 Å². The fraction of sp³-hybridized carbons (Fsp3) is 0.545. The molecule has 4 unspecified atom stereocenters. The van der Waals surface area contributed by atoms with Crippen LogP contribution in [0.3, 0.4) is 0 Å². The van der Waals surface area contributed by atoms with Gasteiger partial charge in [0.2, 0.25) is 0 Å². The van der Waals surface area contributed by atoms with Crippen LogP contribution in [0.2, 0.25) is 0 Å². The molecule has 1 N–H and O–H groups in total. The number of hydrogen-bond acceptors (Lipinski definition) is 6. The van der Waals surface area contributed by atoms with Gasteiger partial charge in [0.25, 0.3) is 0 Å². The van der Waals surface area contributed by atoms with Gasteiger partial charge in [0, 0.05) is 36.5 Å². The maximum atomic E-state index is 11.9. The zero-order valence-corrected chi connectivity index (χ0v) is 17.3. The van der Waals surface area contributed by atoms with E-state index in [0.29, 0.717) is 31.2 Å². The molecule has 6 heteroatoms. The zero-order chi connectivity index (χ0) is 19.5. The van der Waals surface area contributed by atoms with Crippen molar-refractivity contribution in [3.05, 3.63) is 41.5 Å². The highest BCUT2D eigenvalue weighted by molar-refractivity contribution is 8.14. The second-order valence-electron chi connectivity index (χ2n) is 7.67. The van der Waals surface area contributed by atoms with Crippen molar-refractivity contribution in [1.82, 2.24) is 0 Å². The quantitative estimate of drug-likeness (QED) is 0.590. The van der Waals surface area contributed by atoms with Crippen LogP contribution in [0.5, 0.6) is 0 Å². The number of anilines is 1. The molecule has 4 atom stereocenters. The first-order chi connectivity index (χ1) is 13.7. The Balaban J connectivity index is 1.43. The Morgan fingerprint density at radius 1 is 1.39 bits per heavy atom. The summed E-state index contributed by atoms with van der Waals surface area (Å²) in [5, 5.41) is 4.28. The second kappa shape index (κ2) is 8.80. The summed E-state index contributed by atoms with van der Waals surface area (Å²) in [4.78, 5) is 16.8. The minimum Gasteiger partial charge on any atom is -0.381 e. The van der Waals surface area contributed by atoms with Crippen LogP contribution in [-0.2, 0) is 9.47 Å². The van der Waals surface area contributed by atoms with Crippen molar-refractivity contribution in [2.45, 2.75) is 50.9 Å². The number of hydrogen-bond donors (Lipinski definition) is 1. The first-order valence-corrected chi connectivity index (χ1v) is 11.1. The molecule has 0 bridgehead atoms. The first-order valence-electron chi connectivity index (χ1n) is 10.1. The molecule has 1 fully saturated rings. The SMILES string of the molecule is CCC(=O)c1cccc(NC2=NC(C3=CC4CC(OC)CCC4OC3)CS2)c1. The van der Waals surface area contributed by atoms with E-state index < -0.39 is 0 Å². The molecule has 150 valence electrons. The predicted molar refractivity (Wildman–Crippen MR) is 114 cm³/mol. The van der Waals surface area contributed by atoms with Crippen LogP contribution in [0.15, 0.2) is 40.9 Å². The lowest BCUT2D eigenvalue weighted by atomic mass is 9.81. The topological polar surface area (TPSA) is 59.9 Å². The van der Waals surface area contributed by atoms with Crippen LogP contribution in [0.4, 0.5) is 5.69 Å². The summed E-state index contributed by atoms with van der Waals surface area (Å²) in [6.07, 6.45) is 6.81. The molecule has 0 saturated heterocycles. The van der Waals surface area contributed by atoms with E-state index in [2.05, 4.69) is 11.4 Å². The van der Waals surface area contributed by atoms with Gasteiger partial charge < -0.3 is 14.8 Å². The molecule has 0 amide bonds. The second-order valence-corrected chi connectivity index (χ2v) is 8.68. The predicted octanol–water partition coefficient (Wildman–Crippen LogP) is 4.30. The molecule has 4 rings (SSSR count). The highest BCUT2D eigenvalue weighted by Crippen LogP contribution is 2.36. The van der Waals surface area contributed by atoms with Crippen LogP contribution in [0.1, 0.15) is 43.0 Å². The molecule has 28 heavy (non-hydrogen) atoms. The van der Waals surface area contributed by atoms with Crippen LogP contribution >= 0.6 is 11.8 Å². The summed E-state index contributed by atoms with van der Waals surface area (Å²) in [7, 11) is 1.80. The molecule has 5 nitrogen and oxygen atoms in total. The van der Waals surface area contributed by atoms with Crippen LogP contribution in [-0.4, -0.2) is 48.7 Å². The van der Waals surface area contributed by atoms with Crippen molar-refractivity contribution in [2.24, 2.45) is 10.9 Å². The molecule has 0 spiro atoms. The molecule has 0 radical (unpaired) electrons. The zero-order valence-electron chi connectivity index (χ0n) is 16.5. The number of ketones is 1. The minimum absolute atomic E-state index is 0.156. The van der Waals surface area contributed by atoms with E-state index in [1.807, 2.05) is 31.2 Å². The number of fused-ring (bicyclic) bond motifs is 1. The third-order valence-corrected chi connectivity index (χ3v) is 6.81. The van der Waals surface area contributed by atoms with Gasteiger partial charge >= 0.3 is 0 Å². The molecular weight excluding hydrogens is 372 g/mol. The molecule has 3 aliphatic rings. The third-order valence-electron chi connectivity index (χ3n) is 5.85. The van der Waals surface area contributed by atoms with Crippen molar-refractivity contribution in [2.75, 3.05) is 24.8 Å². The molecule has 0 aromatic heterocycles. The monoisotopic (exact) mass is 400 g/mol. The van der Waals surface area contributed by atoms with Crippen LogP contribution < -0.4 is 5.32 Å². The number of benzene rings is 1. The normalized spacial score (nSPS) is 29.6. The number of nitrogens with one attached hydrogen (secondary N) is 1. The summed E-state index contributed by atoms with van der Waals surface area (Å²) in [6, 6.07) is 7.82. The van der Waals surface area contributed by atoms with Gasteiger partial charge in [0.1, 0.15) is 0 Å². The van der Waals surface area contributed by atoms with Crippen molar-refractivity contribution >= 4 is 28.4 Å². The number of methoxy groups -OCH3 is 1. The number of carbonyl (C=O) groups excluding carboxylic acids is 1. The van der Waals surface area contributed by atoms with E-state index in [4.69, 9.17) is 14.5 Å². The molecule has 1 saturated carbocycles. The van der Waals surface area contributed by atoms with Gasteiger partial charge in [0.15, 0.2) is 11.0 Å². The summed E-state index contributed by atoms with van der Waals surface area (Å²) in [5.74, 6) is 1.52. The van der Waals surface area contributed by atoms with Gasteiger partial charge in [-0.15, -0.1) is 0 Å². The van der Waals surface area contributed by atoms with Crippen LogP contribution in [0, 0.1) is 5.92 Å². The van der Waals surface area contributed by atoms with Crippen molar-refractivity contribution < 1.29 is 14.3 Å². The molecule has 1 aromatic rings. The largest absolute Gasteiger partial charge is 0.381 e. The van der Waals surface area contributed by atoms with Crippen molar-refractivity contribution in [3.8, 4) is 0 Å². The van der Waals surface area contributed by atoms with E-state index in [-0.39, 0.29) is 11.8 Å². The number of aliphatic imine (C=N–C) groups is 1. The average Bonchev–Trinajstić information content (AvgIpc) is 3.21. The van der Waals surface area contributed by atoms with Crippen molar-refractivity contribution in [1.29, 1.82) is 0 Å². The number of Topliss-reactive ketones (excluding diaryl/α,β-unsaturated/α-hetero) is 1. The van der Waals surface area contributed by atoms with E-state index in [0.717, 1.165) is 41.4 Å². The molecule has 2 aliphatic heterocycles. The minimum atomic E-state index is 0.156. The number of nitrogens with zero attached hydrogens (tertiary/aromatic N) is 1. The summed E-state index contributed by atoms with van der Waals surface area (Å²) < 4.78 is 11.7. The molecule has 2 heterocycles. The fourth-order valence-electron chi connectivity index (χ4n) is 4.20. The number of thioether (sulfide) groups is 1. The maximum absolute atomic E-state index is 11.9. The smallest absolute Gasteiger partial charge is 0.162 e. The Bertz CT molecular complexity index is 792. The van der Waals surface area contributed by atoms with Gasteiger partial charge in [-0.3, -0.25) is 9.79 Å². The van der Waals surface area contributed by atoms with E-state index in [9.17, 15) is 4.79 Å². The Hall–Kier alpha value is -1.63. The van der Waals surface area contributed by atoms with E-state index >= 15 is 0 Å². The maximum Gasteiger partial charge on any atom is 0.162 e. The van der Waals surface area contributed by atoms with Gasteiger partial charge in [-0.25, -0.2) is 0 Å². The van der Waals surface area contributed by atoms with Gasteiger partial charge in [-0.1, -0.05) is 36.9 Å². The van der Waals surface area contributed by atoms with Gasteiger partial charge in [0.05, 0.1) is 24.9 Å². The van der Waals surface area contributed by atoms with Crippen molar-refractivity contribution in [3.63, 3.8) is 0 Å². The highest BCUT2D eigenvalue weighted by Gasteiger charge is 2.35. The standard InChI is InChI=1S/C22H28N2O3S/c1-3-20(25)14-5-4-6-17(10-14)23-22-24-19(13-28-22)16-9-15-11-18(26-2)7-8-21(15)27-12-16/h4-6,9-10,15,18-19,21H,3,7-8,11-13H2,1-2H3,(H,23,24). The third kappa shape index (κ3) is 4.34. The molecule has 1 aliphatic carbocycles. The number of carbonyl (C=O) groups is 1. The number of rotatable bonds is 5. The Kier molecular flexibility index (Phi) is 6.19. The van der Waals surface area contributed by atoms with Gasteiger partial charge in [-0.05, 0) is 37.0 Å². The lowest BCUT2D eigenvalue weighted by Crippen LogP contribution is -2.38. The lowest BCUT2D eigenvalue weighted by Gasteiger charge is -2.38. The van der Waals surface area contributed by atoms with E-state index in [1.165, 1.54) is 5.57 Å². The Labute approximate surface area is 171 Å². The Morgan fingerprint density at radius 2 is 2.29 bits per heavy atom. The molecule has 1 aromatic carbocycles. The summed E-state index contributed by atoms with van der Waals surface area (Å²) in [5.41, 5.74) is 2.94. The number of amidine groups is 1. The van der Waals surface area contributed by atoms with E-state index in [1.54, 1.807) is 18.9 Å². The average molecular weight is 401 g/mol. The fourth-order valence-corrected chi connectivity index (χ4v) is 5.19. The highest BCUT2D eigenvalue weighted by atomic mass is 32.2.